The lowest BCUT2D eigenvalue weighted by Crippen LogP contribution is -2.31. The summed E-state index contributed by atoms with van der Waals surface area (Å²) in [6.07, 6.45) is 3.99. The maximum Gasteiger partial charge on any atom is 0.360 e. The molecule has 0 aromatic heterocycles. The van der Waals surface area contributed by atoms with Gasteiger partial charge in [0.1, 0.15) is 0 Å². The van der Waals surface area contributed by atoms with E-state index in [2.05, 4.69) is 6.58 Å². The van der Waals surface area contributed by atoms with E-state index < -0.39 is 36.0 Å². The summed E-state index contributed by atoms with van der Waals surface area (Å²) in [5.41, 5.74) is 0. The first kappa shape index (κ1) is 22.8. The SMILES string of the molecule is C=CC(C[C@H](OS(C)(=O)=O)P(=O)(OCC)OCC)O[C@H]1CCCCO1. The van der Waals surface area contributed by atoms with Gasteiger partial charge in [-0.15, -0.1) is 6.58 Å². The van der Waals surface area contributed by atoms with Crippen LogP contribution in [0.5, 0.6) is 0 Å². The molecule has 0 aromatic carbocycles. The lowest BCUT2D eigenvalue weighted by atomic mass is 10.2. The summed E-state index contributed by atoms with van der Waals surface area (Å²) in [7, 11) is -7.70. The number of ether oxygens (including phenoxy) is 2. The predicted octanol–water partition coefficient (Wildman–Crippen LogP) is 3.04. The molecule has 0 aromatic rings. The molecule has 1 fully saturated rings. The molecule has 0 bridgehead atoms. The van der Waals surface area contributed by atoms with Gasteiger partial charge in [-0.3, -0.25) is 8.75 Å². The highest BCUT2D eigenvalue weighted by Crippen LogP contribution is 2.55. The van der Waals surface area contributed by atoms with Crippen LogP contribution in [0, 0.1) is 0 Å². The van der Waals surface area contributed by atoms with E-state index in [9.17, 15) is 13.0 Å². The molecule has 0 radical (unpaired) electrons. The number of hydrogen-bond donors (Lipinski definition) is 0. The van der Waals surface area contributed by atoms with E-state index in [1.165, 1.54) is 6.08 Å². The van der Waals surface area contributed by atoms with Crippen LogP contribution >= 0.6 is 7.60 Å². The summed E-state index contributed by atoms with van der Waals surface area (Å²) < 4.78 is 63.0. The molecule has 0 N–H and O–H groups in total. The summed E-state index contributed by atoms with van der Waals surface area (Å²) in [5, 5.41) is 0. The molecule has 3 atom stereocenters. The quantitative estimate of drug-likeness (QED) is 0.280. The molecule has 1 saturated heterocycles. The Kier molecular flexibility index (Phi) is 9.80. The summed E-state index contributed by atoms with van der Waals surface area (Å²) in [6, 6.07) is 0. The van der Waals surface area contributed by atoms with Gasteiger partial charge in [0.25, 0.3) is 10.1 Å². The fourth-order valence-corrected chi connectivity index (χ4v) is 5.37. The zero-order valence-electron chi connectivity index (χ0n) is 15.1. The molecule has 0 amide bonds. The maximum absolute atomic E-state index is 13.0. The lowest BCUT2D eigenvalue weighted by Gasteiger charge is -2.30. The van der Waals surface area contributed by atoms with Gasteiger partial charge in [0.15, 0.2) is 12.1 Å². The van der Waals surface area contributed by atoms with Crippen LogP contribution in [-0.4, -0.2) is 52.7 Å². The van der Waals surface area contributed by atoms with Crippen LogP contribution in [0.4, 0.5) is 0 Å². The third-order valence-electron chi connectivity index (χ3n) is 3.42. The Labute approximate surface area is 150 Å². The third kappa shape index (κ3) is 8.30. The second-order valence-corrected chi connectivity index (χ2v) is 9.35. The van der Waals surface area contributed by atoms with Crippen molar-refractivity contribution in [3.8, 4) is 0 Å². The Morgan fingerprint density at radius 1 is 1.28 bits per heavy atom. The molecular weight excluding hydrogens is 371 g/mol. The second-order valence-electron chi connectivity index (χ2n) is 5.57. The van der Waals surface area contributed by atoms with E-state index in [-0.39, 0.29) is 19.6 Å². The molecule has 0 saturated carbocycles. The van der Waals surface area contributed by atoms with Crippen molar-refractivity contribution in [1.82, 2.24) is 0 Å². The van der Waals surface area contributed by atoms with Crippen molar-refractivity contribution in [2.45, 2.75) is 57.8 Å². The Hall–Kier alpha value is -0.280. The van der Waals surface area contributed by atoms with E-state index in [1.54, 1.807) is 13.8 Å². The number of rotatable bonds is 12. The van der Waals surface area contributed by atoms with Crippen LogP contribution in [0.25, 0.3) is 0 Å². The van der Waals surface area contributed by atoms with Crippen LogP contribution in [0.1, 0.15) is 39.5 Å². The zero-order valence-corrected chi connectivity index (χ0v) is 16.8. The Balaban J connectivity index is 2.92. The molecular formula is C15H29O8PS. The summed E-state index contributed by atoms with van der Waals surface area (Å²) in [5.74, 6) is -1.33. The molecule has 1 unspecified atom stereocenters. The van der Waals surface area contributed by atoms with E-state index in [4.69, 9.17) is 22.7 Å². The van der Waals surface area contributed by atoms with Gasteiger partial charge in [-0.25, -0.2) is 0 Å². The molecule has 10 heteroatoms. The minimum absolute atomic E-state index is 0.0479. The maximum atomic E-state index is 13.0. The van der Waals surface area contributed by atoms with Gasteiger partial charge in [0.05, 0.1) is 25.6 Å². The van der Waals surface area contributed by atoms with Crippen molar-refractivity contribution < 1.29 is 35.7 Å². The van der Waals surface area contributed by atoms with Crippen molar-refractivity contribution in [1.29, 1.82) is 0 Å². The molecule has 0 spiro atoms. The molecule has 0 aliphatic carbocycles. The smallest absolute Gasteiger partial charge is 0.353 e. The Morgan fingerprint density at radius 2 is 1.92 bits per heavy atom. The molecule has 1 rings (SSSR count). The first-order valence-corrected chi connectivity index (χ1v) is 11.8. The minimum Gasteiger partial charge on any atom is -0.353 e. The molecule has 1 aliphatic rings. The van der Waals surface area contributed by atoms with Crippen molar-refractivity contribution in [2.24, 2.45) is 0 Å². The van der Waals surface area contributed by atoms with Crippen molar-refractivity contribution in [3.63, 3.8) is 0 Å². The average Bonchev–Trinajstić information content (AvgIpc) is 2.53. The van der Waals surface area contributed by atoms with Crippen LogP contribution < -0.4 is 0 Å². The highest BCUT2D eigenvalue weighted by Gasteiger charge is 2.41. The van der Waals surface area contributed by atoms with Gasteiger partial charge in [0, 0.05) is 13.0 Å². The average molecular weight is 400 g/mol. The first-order valence-electron chi connectivity index (χ1n) is 8.40. The number of hydrogen-bond acceptors (Lipinski definition) is 8. The summed E-state index contributed by atoms with van der Waals surface area (Å²) >= 11 is 0. The van der Waals surface area contributed by atoms with Crippen LogP contribution in [0.15, 0.2) is 12.7 Å². The summed E-state index contributed by atoms with van der Waals surface area (Å²) in [6.45, 7) is 7.76. The lowest BCUT2D eigenvalue weighted by molar-refractivity contribution is -0.181. The third-order valence-corrected chi connectivity index (χ3v) is 6.40. The van der Waals surface area contributed by atoms with Gasteiger partial charge in [-0.05, 0) is 33.1 Å². The second kappa shape index (κ2) is 10.8. The monoisotopic (exact) mass is 400 g/mol. The Bertz CT molecular complexity index is 534. The van der Waals surface area contributed by atoms with E-state index >= 15 is 0 Å². The molecule has 1 aliphatic heterocycles. The van der Waals surface area contributed by atoms with Crippen molar-refractivity contribution in [2.75, 3.05) is 26.1 Å². The van der Waals surface area contributed by atoms with Gasteiger partial charge in [0.2, 0.25) is 0 Å². The van der Waals surface area contributed by atoms with Crippen LogP contribution in [-0.2, 0) is 37.4 Å². The standard InChI is InChI=1S/C15H29O8PS/c1-5-13(22-14-10-8-9-11-19-14)12-15(23-25(4,17)18)24(16,20-6-2)21-7-3/h5,13-15H,1,6-12H2,2-4H3/t13?,14-,15+/m0/s1. The van der Waals surface area contributed by atoms with Crippen molar-refractivity contribution >= 4 is 17.7 Å². The molecule has 8 nitrogen and oxygen atoms in total. The Morgan fingerprint density at radius 3 is 2.36 bits per heavy atom. The van der Waals surface area contributed by atoms with Crippen LogP contribution in [0.3, 0.4) is 0 Å². The van der Waals surface area contributed by atoms with E-state index in [1.807, 2.05) is 0 Å². The fourth-order valence-electron chi connectivity index (χ4n) is 2.41. The first-order chi connectivity index (χ1) is 11.7. The fraction of sp³-hybridized carbons (Fsp3) is 0.867. The van der Waals surface area contributed by atoms with Gasteiger partial charge < -0.3 is 18.5 Å². The molecule has 25 heavy (non-hydrogen) atoms. The van der Waals surface area contributed by atoms with Gasteiger partial charge in [-0.2, -0.15) is 8.42 Å². The predicted molar refractivity (Wildman–Crippen MR) is 93.9 cm³/mol. The van der Waals surface area contributed by atoms with E-state index in [0.29, 0.717) is 6.61 Å². The highest BCUT2D eigenvalue weighted by atomic mass is 32.2. The van der Waals surface area contributed by atoms with Crippen LogP contribution in [0.2, 0.25) is 0 Å². The van der Waals surface area contributed by atoms with E-state index in [0.717, 1.165) is 25.5 Å². The zero-order chi connectivity index (χ0) is 18.9. The largest absolute Gasteiger partial charge is 0.360 e. The van der Waals surface area contributed by atoms with Gasteiger partial charge >= 0.3 is 7.60 Å². The summed E-state index contributed by atoms with van der Waals surface area (Å²) in [4.78, 5) is 0. The highest BCUT2D eigenvalue weighted by molar-refractivity contribution is 7.86. The molecule has 148 valence electrons. The van der Waals surface area contributed by atoms with Gasteiger partial charge in [-0.1, -0.05) is 6.08 Å². The van der Waals surface area contributed by atoms with Crippen molar-refractivity contribution in [3.05, 3.63) is 12.7 Å². The molecule has 1 heterocycles. The minimum atomic E-state index is -3.88. The normalized spacial score (nSPS) is 21.6. The topological polar surface area (TPSA) is 97.4 Å².